The van der Waals surface area contributed by atoms with Crippen LogP contribution in [0.2, 0.25) is 0 Å². The minimum absolute atomic E-state index is 0.0659. The maximum atomic E-state index is 12.6. The summed E-state index contributed by atoms with van der Waals surface area (Å²) < 4.78 is 26.7. The van der Waals surface area contributed by atoms with Crippen LogP contribution < -0.4 is 0 Å². The Labute approximate surface area is 119 Å². The van der Waals surface area contributed by atoms with Gasteiger partial charge in [0.1, 0.15) is 5.78 Å². The van der Waals surface area contributed by atoms with Gasteiger partial charge in [0.05, 0.1) is 4.90 Å². The molecule has 20 heavy (non-hydrogen) atoms. The summed E-state index contributed by atoms with van der Waals surface area (Å²) >= 11 is 0. The van der Waals surface area contributed by atoms with Crippen molar-refractivity contribution in [2.24, 2.45) is 11.3 Å². The van der Waals surface area contributed by atoms with E-state index in [2.05, 4.69) is 0 Å². The van der Waals surface area contributed by atoms with Gasteiger partial charge in [0.15, 0.2) is 0 Å². The number of carbonyl (C=O) groups excluding carboxylic acids is 1. The molecule has 0 amide bonds. The number of Topliss-reactive ketones (excluding diaryl/α,β-unsaturated/α-hetero) is 1. The van der Waals surface area contributed by atoms with E-state index >= 15 is 0 Å². The predicted molar refractivity (Wildman–Crippen MR) is 75.8 cm³/mol. The van der Waals surface area contributed by atoms with Gasteiger partial charge in [-0.25, -0.2) is 8.42 Å². The molecule has 0 bridgehead atoms. The quantitative estimate of drug-likeness (QED) is 0.853. The molecule has 2 atom stereocenters. The lowest BCUT2D eigenvalue weighted by molar-refractivity contribution is -0.118. The number of ketones is 1. The van der Waals surface area contributed by atoms with Crippen molar-refractivity contribution in [1.29, 1.82) is 0 Å². The zero-order valence-corrected chi connectivity index (χ0v) is 12.6. The van der Waals surface area contributed by atoms with Crippen molar-refractivity contribution >= 4 is 15.8 Å². The molecule has 2 fully saturated rings. The van der Waals surface area contributed by atoms with Crippen molar-refractivity contribution in [2.75, 3.05) is 13.1 Å². The van der Waals surface area contributed by atoms with E-state index in [9.17, 15) is 13.2 Å². The van der Waals surface area contributed by atoms with Crippen LogP contribution in [0.25, 0.3) is 0 Å². The van der Waals surface area contributed by atoms with E-state index in [4.69, 9.17) is 0 Å². The van der Waals surface area contributed by atoms with Gasteiger partial charge in [-0.2, -0.15) is 4.31 Å². The van der Waals surface area contributed by atoms with Gasteiger partial charge in [-0.3, -0.25) is 0 Å². The Bertz CT molecular complexity index is 650. The predicted octanol–water partition coefficient (Wildman–Crippen LogP) is 1.98. The van der Waals surface area contributed by atoms with E-state index in [1.54, 1.807) is 23.4 Å². The van der Waals surface area contributed by atoms with E-state index in [0.29, 0.717) is 30.3 Å². The number of benzene rings is 1. The molecule has 3 rings (SSSR count). The van der Waals surface area contributed by atoms with Gasteiger partial charge in [-0.05, 0) is 43.7 Å². The van der Waals surface area contributed by atoms with Crippen LogP contribution in [0.3, 0.4) is 0 Å². The molecule has 1 aromatic rings. The number of fused-ring (bicyclic) bond motifs is 1. The second-order valence-electron chi connectivity index (χ2n) is 6.25. The molecule has 5 heteroatoms. The summed E-state index contributed by atoms with van der Waals surface area (Å²) in [4.78, 5) is 11.7. The zero-order chi connectivity index (χ0) is 14.5. The van der Waals surface area contributed by atoms with Gasteiger partial charge >= 0.3 is 0 Å². The topological polar surface area (TPSA) is 54.5 Å². The molecule has 0 N–H and O–H groups in total. The number of sulfonamides is 1. The summed E-state index contributed by atoms with van der Waals surface area (Å²) in [5, 5.41) is 0. The molecule has 1 saturated carbocycles. The highest BCUT2D eigenvalue weighted by Gasteiger charge is 2.62. The highest BCUT2D eigenvalue weighted by Crippen LogP contribution is 2.60. The van der Waals surface area contributed by atoms with Crippen LogP contribution in [-0.4, -0.2) is 31.6 Å². The Balaban J connectivity index is 1.81. The Morgan fingerprint density at radius 2 is 2.00 bits per heavy atom. The molecule has 1 aromatic carbocycles. The summed E-state index contributed by atoms with van der Waals surface area (Å²) in [6.45, 7) is 4.57. The fourth-order valence-corrected chi connectivity index (χ4v) is 4.94. The molecule has 0 spiro atoms. The summed E-state index contributed by atoms with van der Waals surface area (Å²) in [6, 6.07) is 6.95. The largest absolute Gasteiger partial charge is 0.300 e. The lowest BCUT2D eigenvalue weighted by atomic mass is 9.99. The van der Waals surface area contributed by atoms with Crippen molar-refractivity contribution in [2.45, 2.75) is 31.6 Å². The van der Waals surface area contributed by atoms with Gasteiger partial charge in [0, 0.05) is 19.5 Å². The minimum atomic E-state index is -3.41. The zero-order valence-electron chi connectivity index (χ0n) is 11.8. The maximum absolute atomic E-state index is 12.6. The molecule has 1 aliphatic carbocycles. The van der Waals surface area contributed by atoms with E-state index in [-0.39, 0.29) is 11.2 Å². The minimum Gasteiger partial charge on any atom is -0.300 e. The van der Waals surface area contributed by atoms with E-state index in [1.807, 2.05) is 19.1 Å². The normalized spacial score (nSPS) is 29.2. The molecule has 1 aliphatic heterocycles. The lowest BCUT2D eigenvalue weighted by Crippen LogP contribution is -2.32. The summed E-state index contributed by atoms with van der Waals surface area (Å²) in [7, 11) is -3.41. The fraction of sp³-hybridized carbons (Fsp3) is 0.533. The average molecular weight is 293 g/mol. The van der Waals surface area contributed by atoms with Crippen LogP contribution in [0.15, 0.2) is 29.2 Å². The summed E-state index contributed by atoms with van der Waals surface area (Å²) in [5.41, 5.74) is 0.977. The molecule has 4 nitrogen and oxygen atoms in total. The third-order valence-electron chi connectivity index (χ3n) is 4.53. The fourth-order valence-electron chi connectivity index (χ4n) is 3.36. The van der Waals surface area contributed by atoms with Gasteiger partial charge in [-0.15, -0.1) is 0 Å². The third kappa shape index (κ3) is 2.19. The Kier molecular flexibility index (Phi) is 3.03. The maximum Gasteiger partial charge on any atom is 0.243 e. The number of hydrogen-bond acceptors (Lipinski definition) is 3. The first kappa shape index (κ1) is 13.8. The van der Waals surface area contributed by atoms with Crippen molar-refractivity contribution in [3.05, 3.63) is 29.8 Å². The van der Waals surface area contributed by atoms with Crippen LogP contribution in [-0.2, 0) is 14.8 Å². The van der Waals surface area contributed by atoms with Crippen molar-refractivity contribution in [1.82, 2.24) is 4.31 Å². The molecule has 108 valence electrons. The van der Waals surface area contributed by atoms with Crippen molar-refractivity contribution < 1.29 is 13.2 Å². The average Bonchev–Trinajstić information content (AvgIpc) is 2.89. The van der Waals surface area contributed by atoms with Gasteiger partial charge in [0.2, 0.25) is 10.0 Å². The van der Waals surface area contributed by atoms with Gasteiger partial charge in [0.25, 0.3) is 0 Å². The molecule has 2 unspecified atom stereocenters. The highest BCUT2D eigenvalue weighted by atomic mass is 32.2. The van der Waals surface area contributed by atoms with Crippen LogP contribution in [0.1, 0.15) is 25.3 Å². The third-order valence-corrected chi connectivity index (χ3v) is 6.36. The first-order chi connectivity index (χ1) is 9.33. The first-order valence-electron chi connectivity index (χ1n) is 6.90. The number of aryl methyl sites for hydroxylation is 1. The summed E-state index contributed by atoms with van der Waals surface area (Å²) in [6.07, 6.45) is 1.50. The monoisotopic (exact) mass is 293 g/mol. The number of hydrogen-bond donors (Lipinski definition) is 0. The van der Waals surface area contributed by atoms with Crippen LogP contribution in [0.5, 0.6) is 0 Å². The Morgan fingerprint density at radius 3 is 2.60 bits per heavy atom. The van der Waals surface area contributed by atoms with E-state index in [0.717, 1.165) is 12.0 Å². The molecular weight excluding hydrogens is 274 g/mol. The number of piperidine rings is 1. The molecule has 1 saturated heterocycles. The number of nitrogens with zero attached hydrogens (tertiary/aromatic N) is 1. The lowest BCUT2D eigenvalue weighted by Gasteiger charge is -2.20. The SMILES string of the molecule is CC(=O)CC12CC1CN(S(=O)(=O)c1ccc(C)cc1)C2. The van der Waals surface area contributed by atoms with Crippen molar-refractivity contribution in [3.8, 4) is 0 Å². The molecule has 2 aliphatic rings. The van der Waals surface area contributed by atoms with Crippen LogP contribution >= 0.6 is 0 Å². The van der Waals surface area contributed by atoms with Gasteiger partial charge < -0.3 is 4.79 Å². The van der Waals surface area contributed by atoms with E-state index < -0.39 is 10.0 Å². The number of carbonyl (C=O) groups is 1. The molecule has 1 heterocycles. The second-order valence-corrected chi connectivity index (χ2v) is 8.19. The first-order valence-corrected chi connectivity index (χ1v) is 8.34. The smallest absolute Gasteiger partial charge is 0.243 e. The molecular formula is C15H19NO3S. The molecule has 0 aromatic heterocycles. The second kappa shape index (κ2) is 4.40. The van der Waals surface area contributed by atoms with E-state index in [1.165, 1.54) is 0 Å². The van der Waals surface area contributed by atoms with Crippen LogP contribution in [0.4, 0.5) is 0 Å². The molecule has 0 radical (unpaired) electrons. The Hall–Kier alpha value is -1.20. The summed E-state index contributed by atoms with van der Waals surface area (Å²) in [5.74, 6) is 0.522. The Morgan fingerprint density at radius 1 is 1.35 bits per heavy atom. The highest BCUT2D eigenvalue weighted by molar-refractivity contribution is 7.89. The van der Waals surface area contributed by atoms with Crippen LogP contribution in [0, 0.1) is 18.3 Å². The van der Waals surface area contributed by atoms with Gasteiger partial charge in [-0.1, -0.05) is 17.7 Å². The number of rotatable bonds is 4. The standard InChI is InChI=1S/C15H19NO3S/c1-11-3-5-14(6-4-11)20(18,19)16-9-13-8-15(13,10-16)7-12(2)17/h3-6,13H,7-10H2,1-2H3. The van der Waals surface area contributed by atoms with Crippen molar-refractivity contribution in [3.63, 3.8) is 0 Å².